The van der Waals surface area contributed by atoms with Crippen LogP contribution in [0.1, 0.15) is 11.3 Å². The van der Waals surface area contributed by atoms with Crippen LogP contribution in [-0.4, -0.2) is 24.7 Å². The van der Waals surface area contributed by atoms with E-state index in [-0.39, 0.29) is 18.5 Å². The molecular weight excluding hydrogens is 437 g/mol. The molecule has 4 rings (SSSR count). The number of amides is 2. The topological polar surface area (TPSA) is 85.6 Å². The van der Waals surface area contributed by atoms with E-state index in [0.29, 0.717) is 30.3 Å². The van der Waals surface area contributed by atoms with Gasteiger partial charge in [0.15, 0.2) is 0 Å². The van der Waals surface area contributed by atoms with Crippen molar-refractivity contribution in [2.45, 2.75) is 13.0 Å². The second-order valence-corrected chi connectivity index (χ2v) is 7.45. The van der Waals surface area contributed by atoms with E-state index < -0.39 is 0 Å². The molecule has 0 bridgehead atoms. The van der Waals surface area contributed by atoms with Gasteiger partial charge in [0.1, 0.15) is 30.2 Å². The Morgan fingerprint density at radius 1 is 1.03 bits per heavy atom. The molecule has 0 saturated carbocycles. The summed E-state index contributed by atoms with van der Waals surface area (Å²) in [7, 11) is 1.61. The van der Waals surface area contributed by atoms with E-state index in [0.717, 1.165) is 22.6 Å². The molecule has 1 heterocycles. The van der Waals surface area contributed by atoms with Gasteiger partial charge >= 0.3 is 6.03 Å². The van der Waals surface area contributed by atoms with Crippen LogP contribution in [0, 0.1) is 5.82 Å². The van der Waals surface area contributed by atoms with Crippen molar-refractivity contribution in [3.05, 3.63) is 96.1 Å². The van der Waals surface area contributed by atoms with Gasteiger partial charge in [-0.3, -0.25) is 0 Å². The maximum Gasteiger partial charge on any atom is 0.319 e. The summed E-state index contributed by atoms with van der Waals surface area (Å²) in [6, 6.07) is 20.3. The lowest BCUT2D eigenvalue weighted by molar-refractivity contribution is 0.252. The Morgan fingerprint density at radius 2 is 1.85 bits per heavy atom. The molecule has 3 aromatic carbocycles. The van der Waals surface area contributed by atoms with Crippen molar-refractivity contribution < 1.29 is 23.1 Å². The van der Waals surface area contributed by atoms with Crippen LogP contribution < -0.4 is 20.1 Å². The van der Waals surface area contributed by atoms with Crippen molar-refractivity contribution in [2.75, 3.05) is 19.0 Å². The number of halogens is 1. The van der Waals surface area contributed by atoms with E-state index in [2.05, 4.69) is 15.6 Å². The standard InChI is InChI=1S/C26H24FN3O4/c1-32-23-10-8-19(9-11-23)25-29-22(17-34-25)12-13-28-26(31)30-21-6-3-7-24(15-21)33-16-18-4-2-5-20(27)14-18/h2-11,14-15,17H,12-13,16H2,1H3,(H2,28,30,31). The number of carbonyl (C=O) groups is 1. The zero-order valence-electron chi connectivity index (χ0n) is 18.6. The number of hydrogen-bond donors (Lipinski definition) is 2. The average molecular weight is 461 g/mol. The van der Waals surface area contributed by atoms with Gasteiger partial charge in [0, 0.05) is 30.3 Å². The van der Waals surface area contributed by atoms with Crippen LogP contribution >= 0.6 is 0 Å². The van der Waals surface area contributed by atoms with E-state index in [4.69, 9.17) is 13.9 Å². The Balaban J connectivity index is 1.23. The lowest BCUT2D eigenvalue weighted by Crippen LogP contribution is -2.30. The molecule has 0 atom stereocenters. The minimum atomic E-state index is -0.346. The van der Waals surface area contributed by atoms with Crippen LogP contribution in [-0.2, 0) is 13.0 Å². The van der Waals surface area contributed by atoms with Crippen LogP contribution in [0.4, 0.5) is 14.9 Å². The molecular formula is C26H24FN3O4. The molecule has 1 aromatic heterocycles. The fourth-order valence-electron chi connectivity index (χ4n) is 3.22. The summed E-state index contributed by atoms with van der Waals surface area (Å²) in [4.78, 5) is 16.7. The molecule has 0 saturated heterocycles. The van der Waals surface area contributed by atoms with Crippen LogP contribution in [0.2, 0.25) is 0 Å². The third-order valence-corrected chi connectivity index (χ3v) is 4.94. The number of rotatable bonds is 9. The van der Waals surface area contributed by atoms with Crippen LogP contribution in [0.5, 0.6) is 11.5 Å². The Hall–Kier alpha value is -4.33. The van der Waals surface area contributed by atoms with Crippen LogP contribution in [0.15, 0.2) is 83.5 Å². The number of anilines is 1. The maximum absolute atomic E-state index is 13.3. The van der Waals surface area contributed by atoms with Gasteiger partial charge in [0.25, 0.3) is 0 Å². The number of benzene rings is 3. The predicted molar refractivity (Wildman–Crippen MR) is 126 cm³/mol. The highest BCUT2D eigenvalue weighted by molar-refractivity contribution is 5.89. The number of ether oxygens (including phenoxy) is 2. The zero-order valence-corrected chi connectivity index (χ0v) is 18.6. The lowest BCUT2D eigenvalue weighted by atomic mass is 10.2. The largest absolute Gasteiger partial charge is 0.497 e. The fourth-order valence-corrected chi connectivity index (χ4v) is 3.22. The first kappa shape index (κ1) is 22.8. The smallest absolute Gasteiger partial charge is 0.319 e. The Morgan fingerprint density at radius 3 is 2.65 bits per heavy atom. The fraction of sp³-hybridized carbons (Fsp3) is 0.154. The summed E-state index contributed by atoms with van der Waals surface area (Å²) in [5.41, 5.74) is 2.88. The number of aromatic nitrogens is 1. The minimum absolute atomic E-state index is 0.226. The van der Waals surface area contributed by atoms with Gasteiger partial charge in [0.05, 0.1) is 12.8 Å². The van der Waals surface area contributed by atoms with Gasteiger partial charge in [-0.25, -0.2) is 14.2 Å². The number of nitrogens with zero attached hydrogens (tertiary/aromatic N) is 1. The molecule has 2 N–H and O–H groups in total. The summed E-state index contributed by atoms with van der Waals surface area (Å²) < 4.78 is 29.7. The van der Waals surface area contributed by atoms with Gasteiger partial charge in [-0.15, -0.1) is 0 Å². The molecule has 34 heavy (non-hydrogen) atoms. The number of carbonyl (C=O) groups excluding carboxylic acids is 1. The third kappa shape index (κ3) is 6.35. The second-order valence-electron chi connectivity index (χ2n) is 7.45. The number of urea groups is 1. The molecule has 7 nitrogen and oxygen atoms in total. The van der Waals surface area contributed by atoms with E-state index >= 15 is 0 Å². The number of hydrogen-bond acceptors (Lipinski definition) is 5. The van der Waals surface area contributed by atoms with Crippen molar-refractivity contribution in [1.29, 1.82) is 0 Å². The Bertz CT molecular complexity index is 1240. The van der Waals surface area contributed by atoms with E-state index in [1.807, 2.05) is 24.3 Å². The number of nitrogens with one attached hydrogen (secondary N) is 2. The Labute approximate surface area is 196 Å². The summed E-state index contributed by atoms with van der Waals surface area (Å²) in [6.45, 7) is 0.611. The molecule has 4 aromatic rings. The summed E-state index contributed by atoms with van der Waals surface area (Å²) in [5.74, 6) is 1.53. The molecule has 0 spiro atoms. The van der Waals surface area contributed by atoms with Gasteiger partial charge in [-0.05, 0) is 54.1 Å². The van der Waals surface area contributed by atoms with Crippen molar-refractivity contribution in [3.8, 4) is 23.0 Å². The SMILES string of the molecule is COc1ccc(-c2nc(CCNC(=O)Nc3cccc(OCc4cccc(F)c4)c3)co2)cc1. The normalized spacial score (nSPS) is 10.5. The second kappa shape index (κ2) is 11.0. The van der Waals surface area contributed by atoms with Crippen molar-refractivity contribution in [1.82, 2.24) is 10.3 Å². The van der Waals surface area contributed by atoms with Gasteiger partial charge in [-0.1, -0.05) is 18.2 Å². The van der Waals surface area contributed by atoms with Gasteiger partial charge < -0.3 is 24.5 Å². The van der Waals surface area contributed by atoms with Gasteiger partial charge in [0.2, 0.25) is 5.89 Å². The molecule has 0 radical (unpaired) electrons. The summed E-state index contributed by atoms with van der Waals surface area (Å²) in [6.07, 6.45) is 2.10. The molecule has 2 amide bonds. The summed E-state index contributed by atoms with van der Waals surface area (Å²) in [5, 5.41) is 5.57. The quantitative estimate of drug-likeness (QED) is 0.347. The molecule has 0 aliphatic carbocycles. The van der Waals surface area contributed by atoms with E-state index in [1.54, 1.807) is 49.8 Å². The van der Waals surface area contributed by atoms with E-state index in [1.165, 1.54) is 12.1 Å². The monoisotopic (exact) mass is 461 g/mol. The van der Waals surface area contributed by atoms with E-state index in [9.17, 15) is 9.18 Å². The minimum Gasteiger partial charge on any atom is -0.497 e. The first-order chi connectivity index (χ1) is 16.6. The molecule has 8 heteroatoms. The average Bonchev–Trinajstić information content (AvgIpc) is 3.32. The third-order valence-electron chi connectivity index (χ3n) is 4.94. The van der Waals surface area contributed by atoms with Crippen LogP contribution in [0.25, 0.3) is 11.5 Å². The molecule has 0 unspecified atom stereocenters. The molecule has 174 valence electrons. The zero-order chi connectivity index (χ0) is 23.8. The van der Waals surface area contributed by atoms with Crippen LogP contribution in [0.3, 0.4) is 0 Å². The van der Waals surface area contributed by atoms with Gasteiger partial charge in [-0.2, -0.15) is 0 Å². The maximum atomic E-state index is 13.3. The van der Waals surface area contributed by atoms with Crippen molar-refractivity contribution >= 4 is 11.7 Å². The lowest BCUT2D eigenvalue weighted by Gasteiger charge is -2.10. The Kier molecular flexibility index (Phi) is 7.39. The molecule has 0 aliphatic heterocycles. The van der Waals surface area contributed by atoms with Crippen molar-refractivity contribution in [3.63, 3.8) is 0 Å². The predicted octanol–water partition coefficient (Wildman–Crippen LogP) is 5.43. The molecule has 0 aliphatic rings. The molecule has 0 fully saturated rings. The highest BCUT2D eigenvalue weighted by Gasteiger charge is 2.08. The number of oxazole rings is 1. The summed E-state index contributed by atoms with van der Waals surface area (Å²) >= 11 is 0. The highest BCUT2D eigenvalue weighted by Crippen LogP contribution is 2.22. The van der Waals surface area contributed by atoms with Crippen molar-refractivity contribution in [2.24, 2.45) is 0 Å². The first-order valence-corrected chi connectivity index (χ1v) is 10.7. The number of methoxy groups -OCH3 is 1. The first-order valence-electron chi connectivity index (χ1n) is 10.7. The highest BCUT2D eigenvalue weighted by atomic mass is 19.1.